The molecule has 0 bridgehead atoms. The molecule has 0 saturated carbocycles. The predicted octanol–water partition coefficient (Wildman–Crippen LogP) is 5.63. The zero-order valence-corrected chi connectivity index (χ0v) is 26.5. The Morgan fingerprint density at radius 2 is 1.57 bits per heavy atom. The van der Waals surface area contributed by atoms with E-state index >= 15 is 0 Å². The summed E-state index contributed by atoms with van der Waals surface area (Å²) < 4.78 is 34.6. The van der Waals surface area contributed by atoms with Gasteiger partial charge in [-0.2, -0.15) is 0 Å². The zero-order chi connectivity index (χ0) is 31.7. The number of likely N-dealkylation sites (N-methyl/N-ethyl adjacent to an activating group) is 1. The first-order chi connectivity index (χ1) is 21.1. The van der Waals surface area contributed by atoms with E-state index in [1.165, 1.54) is 23.1 Å². The molecule has 1 atom stereocenters. The first-order valence-corrected chi connectivity index (χ1v) is 16.0. The van der Waals surface area contributed by atoms with Crippen molar-refractivity contribution in [2.24, 2.45) is 0 Å². The van der Waals surface area contributed by atoms with Crippen LogP contribution >= 0.6 is 11.6 Å². The van der Waals surface area contributed by atoms with Crippen LogP contribution in [-0.2, 0) is 32.6 Å². The zero-order valence-electron chi connectivity index (χ0n) is 24.9. The molecule has 230 valence electrons. The second-order valence-corrected chi connectivity index (χ2v) is 12.6. The number of anilines is 1. The average Bonchev–Trinajstić information content (AvgIpc) is 3.02. The second-order valence-electron chi connectivity index (χ2n) is 10.3. The standard InChI is InChI=1S/C34H36ClN3O5S/c1-4-36-34(40)32(21-26-10-6-5-7-11-26)37(23-27-12-8-15-30(20-27)43-3)33(39)24-38(29-14-9-13-28(35)22-29)44(41,42)31-18-16-25(2)17-19-31/h5-20,22,32H,4,21,23-24H2,1-3H3,(H,36,40). The van der Waals surface area contributed by atoms with E-state index in [1.54, 1.807) is 62.6 Å². The fourth-order valence-corrected chi connectivity index (χ4v) is 6.40. The highest BCUT2D eigenvalue weighted by Crippen LogP contribution is 2.27. The van der Waals surface area contributed by atoms with Crippen molar-refractivity contribution in [1.82, 2.24) is 10.2 Å². The van der Waals surface area contributed by atoms with Crippen LogP contribution in [0, 0.1) is 6.92 Å². The van der Waals surface area contributed by atoms with Crippen LogP contribution in [-0.4, -0.2) is 51.4 Å². The maximum Gasteiger partial charge on any atom is 0.264 e. The maximum absolute atomic E-state index is 14.4. The summed E-state index contributed by atoms with van der Waals surface area (Å²) in [6.45, 7) is 3.51. The third-order valence-corrected chi connectivity index (χ3v) is 9.12. The van der Waals surface area contributed by atoms with Gasteiger partial charge in [0.05, 0.1) is 17.7 Å². The molecular weight excluding hydrogens is 598 g/mol. The van der Waals surface area contributed by atoms with Gasteiger partial charge in [0.15, 0.2) is 0 Å². The number of sulfonamides is 1. The van der Waals surface area contributed by atoms with Gasteiger partial charge in [-0.15, -0.1) is 0 Å². The lowest BCUT2D eigenvalue weighted by molar-refractivity contribution is -0.140. The van der Waals surface area contributed by atoms with Gasteiger partial charge in [-0.1, -0.05) is 77.8 Å². The number of nitrogens with one attached hydrogen (secondary N) is 1. The number of carbonyl (C=O) groups is 2. The van der Waals surface area contributed by atoms with E-state index in [0.717, 1.165) is 21.0 Å². The number of amides is 2. The molecule has 8 nitrogen and oxygen atoms in total. The van der Waals surface area contributed by atoms with Crippen molar-refractivity contribution in [3.05, 3.63) is 125 Å². The van der Waals surface area contributed by atoms with E-state index in [-0.39, 0.29) is 29.5 Å². The lowest BCUT2D eigenvalue weighted by atomic mass is 10.0. The van der Waals surface area contributed by atoms with Gasteiger partial charge in [-0.3, -0.25) is 13.9 Å². The van der Waals surface area contributed by atoms with Gasteiger partial charge in [-0.05, 0) is 67.4 Å². The molecule has 4 aromatic carbocycles. The van der Waals surface area contributed by atoms with E-state index in [4.69, 9.17) is 16.3 Å². The summed E-state index contributed by atoms with van der Waals surface area (Å²) >= 11 is 6.28. The number of aryl methyl sites for hydroxylation is 1. The third kappa shape index (κ3) is 8.18. The van der Waals surface area contributed by atoms with E-state index in [9.17, 15) is 18.0 Å². The van der Waals surface area contributed by atoms with Gasteiger partial charge in [0.2, 0.25) is 11.8 Å². The van der Waals surface area contributed by atoms with Crippen molar-refractivity contribution in [3.8, 4) is 5.75 Å². The molecule has 0 heterocycles. The van der Waals surface area contributed by atoms with Crippen LogP contribution in [0.25, 0.3) is 0 Å². The molecule has 0 aliphatic heterocycles. The van der Waals surface area contributed by atoms with Gasteiger partial charge >= 0.3 is 0 Å². The Bertz CT molecular complexity index is 1680. The molecule has 10 heteroatoms. The van der Waals surface area contributed by atoms with Crippen molar-refractivity contribution >= 4 is 39.1 Å². The van der Waals surface area contributed by atoms with E-state index in [2.05, 4.69) is 5.32 Å². The molecule has 4 aromatic rings. The largest absolute Gasteiger partial charge is 0.497 e. The minimum Gasteiger partial charge on any atom is -0.497 e. The van der Waals surface area contributed by atoms with Gasteiger partial charge in [0.1, 0.15) is 18.3 Å². The molecule has 0 radical (unpaired) electrons. The second kappa shape index (κ2) is 14.9. The van der Waals surface area contributed by atoms with E-state index < -0.39 is 28.5 Å². The summed E-state index contributed by atoms with van der Waals surface area (Å²) in [7, 11) is -2.66. The summed E-state index contributed by atoms with van der Waals surface area (Å²) in [5.41, 5.74) is 2.69. The summed E-state index contributed by atoms with van der Waals surface area (Å²) in [5.74, 6) is -0.311. The minimum absolute atomic E-state index is 0.0276. The number of hydrogen-bond donors (Lipinski definition) is 1. The van der Waals surface area contributed by atoms with Crippen LogP contribution in [0.5, 0.6) is 5.75 Å². The Kier molecular flexibility index (Phi) is 11.0. The van der Waals surface area contributed by atoms with Crippen molar-refractivity contribution in [2.45, 2.75) is 37.8 Å². The van der Waals surface area contributed by atoms with Gasteiger partial charge < -0.3 is 15.0 Å². The Morgan fingerprint density at radius 3 is 2.23 bits per heavy atom. The first-order valence-electron chi connectivity index (χ1n) is 14.2. The third-order valence-electron chi connectivity index (χ3n) is 7.09. The van der Waals surface area contributed by atoms with Crippen LogP contribution in [0.4, 0.5) is 5.69 Å². The van der Waals surface area contributed by atoms with Crippen LogP contribution in [0.15, 0.2) is 108 Å². The normalized spacial score (nSPS) is 11.8. The number of benzene rings is 4. The molecule has 2 amide bonds. The fraction of sp³-hybridized carbons (Fsp3) is 0.235. The minimum atomic E-state index is -4.21. The number of rotatable bonds is 13. The molecule has 4 rings (SSSR count). The Morgan fingerprint density at radius 1 is 0.886 bits per heavy atom. The van der Waals surface area contributed by atoms with Crippen LogP contribution < -0.4 is 14.4 Å². The molecule has 0 fully saturated rings. The molecule has 0 aliphatic rings. The smallest absolute Gasteiger partial charge is 0.264 e. The number of hydrogen-bond acceptors (Lipinski definition) is 5. The molecule has 0 saturated heterocycles. The van der Waals surface area contributed by atoms with E-state index in [1.807, 2.05) is 43.3 Å². The molecule has 0 aromatic heterocycles. The highest BCUT2D eigenvalue weighted by atomic mass is 35.5. The van der Waals surface area contributed by atoms with Gasteiger partial charge in [0.25, 0.3) is 10.0 Å². The van der Waals surface area contributed by atoms with Crippen LogP contribution in [0.2, 0.25) is 5.02 Å². The van der Waals surface area contributed by atoms with Crippen molar-refractivity contribution < 1.29 is 22.7 Å². The number of nitrogens with zero attached hydrogens (tertiary/aromatic N) is 2. The number of carbonyl (C=O) groups excluding carboxylic acids is 2. The van der Waals surface area contributed by atoms with Crippen LogP contribution in [0.1, 0.15) is 23.6 Å². The highest BCUT2D eigenvalue weighted by Gasteiger charge is 2.34. The number of methoxy groups -OCH3 is 1. The molecular formula is C34H36ClN3O5S. The van der Waals surface area contributed by atoms with Crippen molar-refractivity contribution in [2.75, 3.05) is 24.5 Å². The van der Waals surface area contributed by atoms with Crippen LogP contribution in [0.3, 0.4) is 0 Å². The maximum atomic E-state index is 14.4. The van der Waals surface area contributed by atoms with E-state index in [0.29, 0.717) is 17.3 Å². The average molecular weight is 634 g/mol. The molecule has 44 heavy (non-hydrogen) atoms. The summed E-state index contributed by atoms with van der Waals surface area (Å²) in [5, 5.41) is 3.17. The number of halogens is 1. The van der Waals surface area contributed by atoms with Gasteiger partial charge in [-0.25, -0.2) is 8.42 Å². The van der Waals surface area contributed by atoms with Crippen molar-refractivity contribution in [3.63, 3.8) is 0 Å². The molecule has 0 aliphatic carbocycles. The summed E-state index contributed by atoms with van der Waals surface area (Å²) in [4.78, 5) is 29.5. The predicted molar refractivity (Wildman–Crippen MR) is 173 cm³/mol. The SMILES string of the molecule is CCNC(=O)C(Cc1ccccc1)N(Cc1cccc(OC)c1)C(=O)CN(c1cccc(Cl)c1)S(=O)(=O)c1ccc(C)cc1. The summed E-state index contributed by atoms with van der Waals surface area (Å²) in [6, 6.07) is 28.4. The molecule has 1 N–H and O–H groups in total. The Balaban J connectivity index is 1.80. The fourth-order valence-electron chi connectivity index (χ4n) is 4.81. The first kappa shape index (κ1) is 32.6. The Hall–Kier alpha value is -4.34. The molecule has 0 spiro atoms. The molecule has 1 unspecified atom stereocenters. The topological polar surface area (TPSA) is 96.0 Å². The Labute approximate surface area is 264 Å². The monoisotopic (exact) mass is 633 g/mol. The summed E-state index contributed by atoms with van der Waals surface area (Å²) in [6.07, 6.45) is 0.226. The van der Waals surface area contributed by atoms with Crippen molar-refractivity contribution in [1.29, 1.82) is 0 Å². The highest BCUT2D eigenvalue weighted by molar-refractivity contribution is 7.92. The lowest BCUT2D eigenvalue weighted by Gasteiger charge is -2.34. The number of ether oxygens (including phenoxy) is 1. The van der Waals surface area contributed by atoms with Gasteiger partial charge in [0, 0.05) is 24.5 Å². The quantitative estimate of drug-likeness (QED) is 0.206. The lowest BCUT2D eigenvalue weighted by Crippen LogP contribution is -2.53.